The zero-order valence-electron chi connectivity index (χ0n) is 17.1. The lowest BCUT2D eigenvalue weighted by molar-refractivity contribution is -0.299. The molecule has 0 radical (unpaired) electrons. The number of benzene rings is 2. The first kappa shape index (κ1) is 22.9. The van der Waals surface area contributed by atoms with Gasteiger partial charge < -0.3 is 29.2 Å². The van der Waals surface area contributed by atoms with Crippen LogP contribution in [0.15, 0.2) is 60.7 Å². The smallest absolute Gasteiger partial charge is 0.338 e. The predicted molar refractivity (Wildman–Crippen MR) is 109 cm³/mol. The Kier molecular flexibility index (Phi) is 8.13. The van der Waals surface area contributed by atoms with Crippen molar-refractivity contribution in [3.8, 4) is 0 Å². The molecule has 2 N–H and O–H groups in total. The molecule has 31 heavy (non-hydrogen) atoms. The fourth-order valence-corrected chi connectivity index (χ4v) is 3.12. The van der Waals surface area contributed by atoms with Gasteiger partial charge in [-0.2, -0.15) is 0 Å². The number of rotatable bonds is 8. The van der Waals surface area contributed by atoms with Crippen LogP contribution in [0.3, 0.4) is 0 Å². The second kappa shape index (κ2) is 11.0. The maximum Gasteiger partial charge on any atom is 0.338 e. The van der Waals surface area contributed by atoms with E-state index in [0.717, 1.165) is 0 Å². The molecule has 0 bridgehead atoms. The van der Waals surface area contributed by atoms with Gasteiger partial charge in [-0.25, -0.2) is 9.59 Å². The Morgan fingerprint density at radius 1 is 0.903 bits per heavy atom. The van der Waals surface area contributed by atoms with E-state index in [1.807, 2.05) is 6.92 Å². The van der Waals surface area contributed by atoms with Gasteiger partial charge in [0.2, 0.25) is 0 Å². The van der Waals surface area contributed by atoms with E-state index in [1.165, 1.54) is 0 Å². The van der Waals surface area contributed by atoms with Crippen molar-refractivity contribution in [1.29, 1.82) is 0 Å². The van der Waals surface area contributed by atoms with E-state index < -0.39 is 42.6 Å². The van der Waals surface area contributed by atoms with Crippen LogP contribution in [-0.2, 0) is 18.9 Å². The Bertz CT molecular complexity index is 839. The fourth-order valence-electron chi connectivity index (χ4n) is 3.12. The normalized spacial score (nSPS) is 25.6. The molecule has 8 nitrogen and oxygen atoms in total. The number of aliphatic hydroxyl groups is 2. The maximum atomic E-state index is 12.4. The van der Waals surface area contributed by atoms with E-state index in [1.54, 1.807) is 60.7 Å². The summed E-state index contributed by atoms with van der Waals surface area (Å²) in [6.45, 7) is 1.86. The number of esters is 2. The molecule has 1 aliphatic rings. The predicted octanol–water partition coefficient (Wildman–Crippen LogP) is 1.94. The summed E-state index contributed by atoms with van der Waals surface area (Å²) in [5, 5.41) is 21.1. The van der Waals surface area contributed by atoms with Crippen molar-refractivity contribution in [2.24, 2.45) is 0 Å². The van der Waals surface area contributed by atoms with E-state index >= 15 is 0 Å². The summed E-state index contributed by atoms with van der Waals surface area (Å²) in [6.07, 6.45) is -5.74. The molecule has 0 amide bonds. The highest BCUT2D eigenvalue weighted by molar-refractivity contribution is 5.89. The highest BCUT2D eigenvalue weighted by Gasteiger charge is 2.47. The highest BCUT2D eigenvalue weighted by Crippen LogP contribution is 2.26. The van der Waals surface area contributed by atoms with Gasteiger partial charge in [-0.1, -0.05) is 43.3 Å². The third-order valence-electron chi connectivity index (χ3n) is 4.77. The molecule has 0 unspecified atom stereocenters. The van der Waals surface area contributed by atoms with Gasteiger partial charge >= 0.3 is 11.9 Å². The number of hydrogen-bond acceptors (Lipinski definition) is 8. The van der Waals surface area contributed by atoms with Crippen LogP contribution in [0.5, 0.6) is 0 Å². The first-order chi connectivity index (χ1) is 15.0. The summed E-state index contributed by atoms with van der Waals surface area (Å²) in [5.74, 6) is -1.27. The number of carbonyl (C=O) groups is 2. The fraction of sp³-hybridized carbons (Fsp3) is 0.391. The maximum absolute atomic E-state index is 12.4. The topological polar surface area (TPSA) is 112 Å². The molecule has 1 heterocycles. The van der Waals surface area contributed by atoms with Crippen LogP contribution >= 0.6 is 0 Å². The number of carbonyl (C=O) groups excluding carboxylic acids is 2. The first-order valence-corrected chi connectivity index (χ1v) is 10.1. The second-order valence-electron chi connectivity index (χ2n) is 7.10. The molecule has 0 aliphatic carbocycles. The summed E-state index contributed by atoms with van der Waals surface area (Å²) >= 11 is 0. The Morgan fingerprint density at radius 2 is 1.48 bits per heavy atom. The summed E-state index contributed by atoms with van der Waals surface area (Å²) in [5.41, 5.74) is 0.638. The molecular formula is C23H26O8. The van der Waals surface area contributed by atoms with Gasteiger partial charge in [0, 0.05) is 6.61 Å². The molecule has 3 rings (SSSR count). The van der Waals surface area contributed by atoms with Crippen molar-refractivity contribution >= 4 is 11.9 Å². The molecule has 2 aromatic carbocycles. The minimum atomic E-state index is -1.50. The zero-order valence-corrected chi connectivity index (χ0v) is 17.1. The van der Waals surface area contributed by atoms with Crippen molar-refractivity contribution in [2.45, 2.75) is 44.1 Å². The van der Waals surface area contributed by atoms with Gasteiger partial charge in [-0.15, -0.1) is 0 Å². The average Bonchev–Trinajstić information content (AvgIpc) is 2.81. The summed E-state index contributed by atoms with van der Waals surface area (Å²) in [4.78, 5) is 24.6. The number of hydrogen-bond donors (Lipinski definition) is 2. The van der Waals surface area contributed by atoms with E-state index in [2.05, 4.69) is 0 Å². The summed E-state index contributed by atoms with van der Waals surface area (Å²) < 4.78 is 22.0. The minimum absolute atomic E-state index is 0.281. The molecule has 1 fully saturated rings. The van der Waals surface area contributed by atoms with Crippen molar-refractivity contribution in [3.05, 3.63) is 71.8 Å². The molecule has 166 valence electrons. The van der Waals surface area contributed by atoms with Crippen molar-refractivity contribution < 1.29 is 38.7 Å². The zero-order chi connectivity index (χ0) is 22.2. The highest BCUT2D eigenvalue weighted by atomic mass is 16.7. The van der Waals surface area contributed by atoms with Crippen molar-refractivity contribution in [1.82, 2.24) is 0 Å². The standard InChI is InChI=1S/C23H26O8/c1-2-13-28-23-20(31-22(27)16-11-7-4-8-12-16)19(25)18(24)17(30-23)14-29-21(26)15-9-5-3-6-10-15/h3-12,17-20,23-25H,2,13-14H2,1H3/t17-,18+,19+,20-,23-/m1/s1. The van der Waals surface area contributed by atoms with Crippen LogP contribution in [0, 0.1) is 0 Å². The molecule has 1 saturated heterocycles. The van der Waals surface area contributed by atoms with Gasteiger partial charge in [-0.05, 0) is 30.7 Å². The molecule has 0 aromatic heterocycles. The number of ether oxygens (including phenoxy) is 4. The van der Waals surface area contributed by atoms with Gasteiger partial charge in [0.05, 0.1) is 11.1 Å². The van der Waals surface area contributed by atoms with Crippen LogP contribution in [0.2, 0.25) is 0 Å². The lowest BCUT2D eigenvalue weighted by atomic mass is 9.99. The lowest BCUT2D eigenvalue weighted by Crippen LogP contribution is -2.60. The van der Waals surface area contributed by atoms with Crippen molar-refractivity contribution in [3.63, 3.8) is 0 Å². The van der Waals surface area contributed by atoms with E-state index in [9.17, 15) is 19.8 Å². The largest absolute Gasteiger partial charge is 0.459 e. The van der Waals surface area contributed by atoms with Crippen LogP contribution in [0.1, 0.15) is 34.1 Å². The van der Waals surface area contributed by atoms with Crippen LogP contribution in [0.4, 0.5) is 0 Å². The first-order valence-electron chi connectivity index (χ1n) is 10.1. The van der Waals surface area contributed by atoms with Gasteiger partial charge in [0.25, 0.3) is 0 Å². The average molecular weight is 430 g/mol. The van der Waals surface area contributed by atoms with E-state index in [4.69, 9.17) is 18.9 Å². The molecule has 2 aromatic rings. The van der Waals surface area contributed by atoms with Crippen LogP contribution in [0.25, 0.3) is 0 Å². The third-order valence-corrected chi connectivity index (χ3v) is 4.77. The van der Waals surface area contributed by atoms with Crippen LogP contribution in [-0.4, -0.2) is 66.1 Å². The Morgan fingerprint density at radius 3 is 2.06 bits per heavy atom. The Balaban J connectivity index is 1.67. The minimum Gasteiger partial charge on any atom is -0.459 e. The van der Waals surface area contributed by atoms with E-state index in [0.29, 0.717) is 12.0 Å². The van der Waals surface area contributed by atoms with Crippen LogP contribution < -0.4 is 0 Å². The lowest BCUT2D eigenvalue weighted by Gasteiger charge is -2.41. The van der Waals surface area contributed by atoms with E-state index in [-0.39, 0.29) is 18.8 Å². The molecule has 5 atom stereocenters. The van der Waals surface area contributed by atoms with Gasteiger partial charge in [0.1, 0.15) is 24.9 Å². The molecule has 1 aliphatic heterocycles. The SMILES string of the molecule is CCCO[C@@H]1O[C@H](COC(=O)c2ccccc2)[C@H](O)[C@H](O)[C@H]1OC(=O)c1ccccc1. The second-order valence-corrected chi connectivity index (χ2v) is 7.10. The molecule has 0 saturated carbocycles. The summed E-state index contributed by atoms with van der Waals surface area (Å²) in [6, 6.07) is 16.6. The number of aliphatic hydroxyl groups excluding tert-OH is 2. The molecule has 0 spiro atoms. The molecule has 8 heteroatoms. The summed E-state index contributed by atoms with van der Waals surface area (Å²) in [7, 11) is 0. The molecular weight excluding hydrogens is 404 g/mol. The Hall–Kier alpha value is -2.78. The van der Waals surface area contributed by atoms with Crippen molar-refractivity contribution in [2.75, 3.05) is 13.2 Å². The van der Waals surface area contributed by atoms with Gasteiger partial charge in [0.15, 0.2) is 12.4 Å². The Labute approximate surface area is 180 Å². The monoisotopic (exact) mass is 430 g/mol. The quantitative estimate of drug-likeness (QED) is 0.612. The van der Waals surface area contributed by atoms with Gasteiger partial charge in [-0.3, -0.25) is 0 Å². The third kappa shape index (κ3) is 5.89.